The van der Waals surface area contributed by atoms with Gasteiger partial charge in [0.1, 0.15) is 11.9 Å². The first-order valence-electron chi connectivity index (χ1n) is 4.76. The van der Waals surface area contributed by atoms with Crippen molar-refractivity contribution in [3.8, 4) is 6.07 Å². The van der Waals surface area contributed by atoms with Crippen molar-refractivity contribution in [2.75, 3.05) is 11.9 Å². The summed E-state index contributed by atoms with van der Waals surface area (Å²) in [5.41, 5.74) is 0.428. The van der Waals surface area contributed by atoms with Gasteiger partial charge < -0.3 is 4.90 Å². The third-order valence-corrected chi connectivity index (χ3v) is 2.40. The first-order valence-corrected chi connectivity index (χ1v) is 4.76. The van der Waals surface area contributed by atoms with E-state index in [1.54, 1.807) is 18.0 Å². The van der Waals surface area contributed by atoms with Crippen LogP contribution in [0.15, 0.2) is 18.5 Å². The van der Waals surface area contributed by atoms with Gasteiger partial charge in [0.05, 0.1) is 17.4 Å². The molecule has 6 heteroatoms. The maximum atomic E-state index is 10.8. The van der Waals surface area contributed by atoms with E-state index >= 15 is 0 Å². The summed E-state index contributed by atoms with van der Waals surface area (Å²) in [6, 6.07) is 3.54. The maximum Gasteiger partial charge on any atom is 0.310 e. The van der Waals surface area contributed by atoms with Crippen LogP contribution in [0.3, 0.4) is 0 Å². The van der Waals surface area contributed by atoms with E-state index < -0.39 is 4.92 Å². The molecule has 84 valence electrons. The molecule has 0 aliphatic heterocycles. The lowest BCUT2D eigenvalue weighted by Crippen LogP contribution is -2.28. The number of pyridine rings is 1. The van der Waals surface area contributed by atoms with Gasteiger partial charge in [-0.15, -0.1) is 0 Å². The molecule has 0 aromatic carbocycles. The summed E-state index contributed by atoms with van der Waals surface area (Å²) in [6.07, 6.45) is 3.03. The smallest absolute Gasteiger partial charge is 0.310 e. The van der Waals surface area contributed by atoms with E-state index in [0.717, 1.165) is 0 Å². The summed E-state index contributed by atoms with van der Waals surface area (Å²) in [5, 5.41) is 19.4. The van der Waals surface area contributed by atoms with Gasteiger partial charge >= 0.3 is 5.69 Å². The molecule has 1 rings (SSSR count). The van der Waals surface area contributed by atoms with Gasteiger partial charge in [-0.3, -0.25) is 15.1 Å². The monoisotopic (exact) mass is 220 g/mol. The molecule has 1 aromatic rings. The summed E-state index contributed by atoms with van der Waals surface area (Å²) in [4.78, 5) is 15.7. The highest BCUT2D eigenvalue weighted by Crippen LogP contribution is 2.27. The standard InChI is InChI=1S/C10H12N4O2/c1-8(3-5-11)13(2)9-4-6-12-7-10(9)14(15)16/h4,6-8H,3H2,1-2H3. The summed E-state index contributed by atoms with van der Waals surface area (Å²) >= 11 is 0. The topological polar surface area (TPSA) is 83.1 Å². The Morgan fingerprint density at radius 2 is 2.44 bits per heavy atom. The summed E-state index contributed by atoms with van der Waals surface area (Å²) in [6.45, 7) is 1.84. The van der Waals surface area contributed by atoms with Crippen LogP contribution in [-0.4, -0.2) is 23.0 Å². The second kappa shape index (κ2) is 5.07. The second-order valence-corrected chi connectivity index (χ2v) is 3.44. The first-order chi connectivity index (χ1) is 7.57. The van der Waals surface area contributed by atoms with E-state index in [4.69, 9.17) is 5.26 Å². The molecule has 1 aromatic heterocycles. The second-order valence-electron chi connectivity index (χ2n) is 3.44. The fraction of sp³-hybridized carbons (Fsp3) is 0.400. The SMILES string of the molecule is CC(CC#N)N(C)c1ccncc1[N+](=O)[O-]. The molecule has 0 bridgehead atoms. The molecule has 0 saturated heterocycles. The van der Waals surface area contributed by atoms with E-state index in [1.165, 1.54) is 12.4 Å². The van der Waals surface area contributed by atoms with Crippen LogP contribution in [0, 0.1) is 21.4 Å². The van der Waals surface area contributed by atoms with Gasteiger partial charge in [0, 0.05) is 19.3 Å². The Kier molecular flexibility index (Phi) is 3.78. The quantitative estimate of drug-likeness (QED) is 0.570. The number of nitrogens with zero attached hydrogens (tertiary/aromatic N) is 4. The minimum absolute atomic E-state index is 0.0465. The Morgan fingerprint density at radius 1 is 1.75 bits per heavy atom. The van der Waals surface area contributed by atoms with Crippen LogP contribution in [-0.2, 0) is 0 Å². The number of nitriles is 1. The largest absolute Gasteiger partial charge is 0.365 e. The normalized spacial score (nSPS) is 11.6. The Balaban J connectivity index is 3.04. The fourth-order valence-electron chi connectivity index (χ4n) is 1.32. The third-order valence-electron chi connectivity index (χ3n) is 2.40. The van der Waals surface area contributed by atoms with E-state index in [2.05, 4.69) is 4.98 Å². The Hall–Kier alpha value is -2.16. The number of anilines is 1. The van der Waals surface area contributed by atoms with Crippen molar-refractivity contribution in [2.45, 2.75) is 19.4 Å². The lowest BCUT2D eigenvalue weighted by Gasteiger charge is -2.24. The van der Waals surface area contributed by atoms with Crippen molar-refractivity contribution < 1.29 is 4.92 Å². The predicted octanol–water partition coefficient (Wildman–Crippen LogP) is 1.73. The van der Waals surface area contributed by atoms with Crippen LogP contribution in [0.25, 0.3) is 0 Å². The molecule has 1 atom stereocenters. The van der Waals surface area contributed by atoms with Crippen LogP contribution in [0.2, 0.25) is 0 Å². The molecule has 0 aliphatic carbocycles. The summed E-state index contributed by atoms with van der Waals surface area (Å²) in [5.74, 6) is 0. The van der Waals surface area contributed by atoms with E-state index in [9.17, 15) is 10.1 Å². The van der Waals surface area contributed by atoms with Crippen molar-refractivity contribution in [1.82, 2.24) is 4.98 Å². The van der Waals surface area contributed by atoms with Gasteiger partial charge in [0.25, 0.3) is 0 Å². The van der Waals surface area contributed by atoms with Crippen molar-refractivity contribution in [1.29, 1.82) is 5.26 Å². The predicted molar refractivity (Wildman–Crippen MR) is 59.0 cm³/mol. The minimum atomic E-state index is -0.474. The highest BCUT2D eigenvalue weighted by molar-refractivity contribution is 5.61. The Bertz CT molecular complexity index is 427. The van der Waals surface area contributed by atoms with Gasteiger partial charge in [0.2, 0.25) is 0 Å². The molecule has 0 aliphatic rings. The van der Waals surface area contributed by atoms with Gasteiger partial charge in [0.15, 0.2) is 0 Å². The van der Waals surface area contributed by atoms with Gasteiger partial charge in [-0.25, -0.2) is 0 Å². The first kappa shape index (κ1) is 11.9. The summed E-state index contributed by atoms with van der Waals surface area (Å²) < 4.78 is 0. The van der Waals surface area contributed by atoms with E-state index in [-0.39, 0.29) is 11.7 Å². The summed E-state index contributed by atoms with van der Waals surface area (Å²) in [7, 11) is 1.73. The molecular formula is C10H12N4O2. The minimum Gasteiger partial charge on any atom is -0.365 e. The molecule has 0 fully saturated rings. The number of hydrogen-bond acceptors (Lipinski definition) is 5. The number of aromatic nitrogens is 1. The van der Waals surface area contributed by atoms with E-state index in [1.807, 2.05) is 13.0 Å². The Labute approximate surface area is 93.3 Å². The zero-order valence-corrected chi connectivity index (χ0v) is 9.12. The molecule has 6 nitrogen and oxygen atoms in total. The third kappa shape index (κ3) is 2.45. The number of rotatable bonds is 4. The van der Waals surface area contributed by atoms with Crippen molar-refractivity contribution >= 4 is 11.4 Å². The van der Waals surface area contributed by atoms with E-state index in [0.29, 0.717) is 12.1 Å². The van der Waals surface area contributed by atoms with Gasteiger partial charge in [-0.2, -0.15) is 5.26 Å². The van der Waals surface area contributed by atoms with Crippen LogP contribution in [0.1, 0.15) is 13.3 Å². The zero-order chi connectivity index (χ0) is 12.1. The number of nitro groups is 1. The van der Waals surface area contributed by atoms with Crippen molar-refractivity contribution in [3.05, 3.63) is 28.6 Å². The molecule has 1 unspecified atom stereocenters. The van der Waals surface area contributed by atoms with Crippen LogP contribution in [0.4, 0.5) is 11.4 Å². The lowest BCUT2D eigenvalue weighted by molar-refractivity contribution is -0.384. The van der Waals surface area contributed by atoms with Gasteiger partial charge in [-0.1, -0.05) is 0 Å². The molecule has 0 saturated carbocycles. The zero-order valence-electron chi connectivity index (χ0n) is 9.12. The maximum absolute atomic E-state index is 10.8. The number of hydrogen-bond donors (Lipinski definition) is 0. The van der Waals surface area contributed by atoms with Crippen LogP contribution >= 0.6 is 0 Å². The molecule has 1 heterocycles. The lowest BCUT2D eigenvalue weighted by atomic mass is 10.2. The molecule has 0 N–H and O–H groups in total. The molecular weight excluding hydrogens is 208 g/mol. The van der Waals surface area contributed by atoms with Crippen LogP contribution in [0.5, 0.6) is 0 Å². The molecule has 0 amide bonds. The highest BCUT2D eigenvalue weighted by atomic mass is 16.6. The van der Waals surface area contributed by atoms with Crippen molar-refractivity contribution in [2.24, 2.45) is 0 Å². The van der Waals surface area contributed by atoms with Crippen molar-refractivity contribution in [3.63, 3.8) is 0 Å². The Morgan fingerprint density at radius 3 is 3.00 bits per heavy atom. The molecule has 16 heavy (non-hydrogen) atoms. The average Bonchev–Trinajstić information content (AvgIpc) is 2.28. The molecule has 0 spiro atoms. The average molecular weight is 220 g/mol. The van der Waals surface area contributed by atoms with Crippen LogP contribution < -0.4 is 4.90 Å². The fourth-order valence-corrected chi connectivity index (χ4v) is 1.32. The highest BCUT2D eigenvalue weighted by Gasteiger charge is 2.19. The van der Waals surface area contributed by atoms with Gasteiger partial charge in [-0.05, 0) is 13.0 Å². The molecule has 0 radical (unpaired) electrons.